The maximum atomic E-state index is 12.1. The number of benzene rings is 1. The summed E-state index contributed by atoms with van der Waals surface area (Å²) in [5.74, 6) is 0.746. The summed E-state index contributed by atoms with van der Waals surface area (Å²) in [6, 6.07) is 7.90. The summed E-state index contributed by atoms with van der Waals surface area (Å²) in [5, 5.41) is 1.06. The van der Waals surface area contributed by atoms with Crippen LogP contribution in [0.5, 0.6) is 5.75 Å². The number of H-pyrrole nitrogens is 1. The average molecular weight is 284 g/mol. The molecule has 108 valence electrons. The Morgan fingerprint density at radius 3 is 3.00 bits per heavy atom. The van der Waals surface area contributed by atoms with Gasteiger partial charge in [-0.05, 0) is 30.7 Å². The van der Waals surface area contributed by atoms with E-state index < -0.39 is 0 Å². The molecular weight excluding hydrogens is 267 g/mol. The summed E-state index contributed by atoms with van der Waals surface area (Å²) in [4.78, 5) is 7.88. The first kappa shape index (κ1) is 13.6. The normalized spacial score (nSPS) is 11.7. The van der Waals surface area contributed by atoms with Gasteiger partial charge in [-0.15, -0.1) is 0 Å². The molecule has 0 saturated carbocycles. The lowest BCUT2D eigenvalue weighted by atomic mass is 10.2. The lowest BCUT2D eigenvalue weighted by Gasteiger charge is -2.04. The van der Waals surface area contributed by atoms with Gasteiger partial charge in [0.15, 0.2) is 0 Å². The second kappa shape index (κ2) is 5.95. The fourth-order valence-corrected chi connectivity index (χ4v) is 2.39. The molecule has 3 nitrogen and oxygen atoms in total. The zero-order valence-electron chi connectivity index (χ0n) is 11.9. The Bertz CT molecular complexity index is 792. The Labute approximate surface area is 122 Å². The first-order chi connectivity index (χ1) is 10.3. The number of hydrogen-bond donors (Lipinski definition) is 1. The third kappa shape index (κ3) is 2.75. The molecule has 3 aromatic rings. The van der Waals surface area contributed by atoms with Crippen molar-refractivity contribution in [2.45, 2.75) is 13.3 Å². The first-order valence-corrected chi connectivity index (χ1v) is 7.05. The summed E-state index contributed by atoms with van der Waals surface area (Å²) in [7, 11) is 0. The van der Waals surface area contributed by atoms with E-state index in [1.165, 1.54) is 0 Å². The predicted octanol–water partition coefficient (Wildman–Crippen LogP) is 4.49. The SMILES string of the molecule is CC=Cc1cnc2c(c1)[nH]c1cc(OCCCF)ccc12. The molecule has 0 fully saturated rings. The lowest BCUT2D eigenvalue weighted by Crippen LogP contribution is -1.97. The van der Waals surface area contributed by atoms with Crippen LogP contribution in [0.15, 0.2) is 36.5 Å². The molecule has 1 N–H and O–H groups in total. The number of nitrogens with zero attached hydrogens (tertiary/aromatic N) is 1. The van der Waals surface area contributed by atoms with Gasteiger partial charge in [-0.1, -0.05) is 12.2 Å². The molecule has 1 aromatic carbocycles. The van der Waals surface area contributed by atoms with Crippen molar-refractivity contribution in [2.75, 3.05) is 13.3 Å². The number of nitrogens with one attached hydrogen (secondary N) is 1. The van der Waals surface area contributed by atoms with Crippen molar-refractivity contribution < 1.29 is 9.13 Å². The monoisotopic (exact) mass is 284 g/mol. The van der Waals surface area contributed by atoms with Gasteiger partial charge in [0.1, 0.15) is 5.75 Å². The highest BCUT2D eigenvalue weighted by molar-refractivity contribution is 6.05. The van der Waals surface area contributed by atoms with Gasteiger partial charge in [-0.25, -0.2) is 0 Å². The average Bonchev–Trinajstić information content (AvgIpc) is 2.84. The molecule has 0 spiro atoms. The summed E-state index contributed by atoms with van der Waals surface area (Å²) < 4.78 is 17.6. The molecule has 21 heavy (non-hydrogen) atoms. The van der Waals surface area contributed by atoms with Gasteiger partial charge in [-0.2, -0.15) is 0 Å². The summed E-state index contributed by atoms with van der Waals surface area (Å²) in [6.07, 6.45) is 6.28. The summed E-state index contributed by atoms with van der Waals surface area (Å²) in [5.41, 5.74) is 4.00. The Hall–Kier alpha value is -2.36. The molecule has 0 amide bonds. The van der Waals surface area contributed by atoms with Gasteiger partial charge >= 0.3 is 0 Å². The van der Waals surface area contributed by atoms with E-state index in [4.69, 9.17) is 4.74 Å². The van der Waals surface area contributed by atoms with E-state index >= 15 is 0 Å². The molecule has 0 aliphatic carbocycles. The number of ether oxygens (including phenoxy) is 1. The maximum absolute atomic E-state index is 12.1. The maximum Gasteiger partial charge on any atom is 0.121 e. The number of allylic oxidation sites excluding steroid dienone is 1. The van der Waals surface area contributed by atoms with Crippen LogP contribution in [0.25, 0.3) is 28.0 Å². The first-order valence-electron chi connectivity index (χ1n) is 7.05. The van der Waals surface area contributed by atoms with Crippen molar-refractivity contribution in [2.24, 2.45) is 0 Å². The van der Waals surface area contributed by atoms with Crippen LogP contribution in [-0.4, -0.2) is 23.2 Å². The van der Waals surface area contributed by atoms with Crippen molar-refractivity contribution in [1.82, 2.24) is 9.97 Å². The standard InChI is InChI=1S/C17H17FN2O/c1-2-4-12-9-16-17(19-11-12)14-6-5-13(10-15(14)20-16)21-8-3-7-18/h2,4-6,9-11,20H,3,7-8H2,1H3. The fourth-order valence-electron chi connectivity index (χ4n) is 2.39. The predicted molar refractivity (Wildman–Crippen MR) is 84.4 cm³/mol. The van der Waals surface area contributed by atoms with Crippen LogP contribution in [-0.2, 0) is 0 Å². The van der Waals surface area contributed by atoms with E-state index in [2.05, 4.69) is 16.0 Å². The molecule has 2 heterocycles. The molecule has 0 atom stereocenters. The largest absolute Gasteiger partial charge is 0.493 e. The minimum Gasteiger partial charge on any atom is -0.493 e. The van der Waals surface area contributed by atoms with Crippen LogP contribution in [0, 0.1) is 0 Å². The van der Waals surface area contributed by atoms with E-state index in [0.717, 1.165) is 33.2 Å². The minimum absolute atomic E-state index is 0.355. The highest BCUT2D eigenvalue weighted by atomic mass is 19.1. The molecule has 0 radical (unpaired) electrons. The van der Waals surface area contributed by atoms with Gasteiger partial charge in [0, 0.05) is 24.1 Å². The molecule has 0 bridgehead atoms. The van der Waals surface area contributed by atoms with Crippen LogP contribution in [0.3, 0.4) is 0 Å². The molecule has 3 rings (SSSR count). The number of rotatable bonds is 5. The number of alkyl halides is 1. The third-order valence-electron chi connectivity index (χ3n) is 3.33. The van der Waals surface area contributed by atoms with Crippen molar-refractivity contribution >= 4 is 28.0 Å². The van der Waals surface area contributed by atoms with Crippen molar-refractivity contribution in [3.05, 3.63) is 42.1 Å². The number of aromatic amines is 1. The quantitative estimate of drug-likeness (QED) is 0.701. The molecule has 0 unspecified atom stereocenters. The second-order valence-corrected chi connectivity index (χ2v) is 4.89. The van der Waals surface area contributed by atoms with Gasteiger partial charge in [-0.3, -0.25) is 9.37 Å². The van der Waals surface area contributed by atoms with E-state index in [1.807, 2.05) is 43.5 Å². The van der Waals surface area contributed by atoms with Crippen LogP contribution in [0.2, 0.25) is 0 Å². The molecule has 0 aliphatic heterocycles. The van der Waals surface area contributed by atoms with Crippen molar-refractivity contribution in [3.63, 3.8) is 0 Å². The fraction of sp³-hybridized carbons (Fsp3) is 0.235. The number of fused-ring (bicyclic) bond motifs is 3. The smallest absolute Gasteiger partial charge is 0.121 e. The number of aromatic nitrogens is 2. The van der Waals surface area contributed by atoms with Gasteiger partial charge in [0.05, 0.1) is 29.8 Å². The number of hydrogen-bond acceptors (Lipinski definition) is 2. The third-order valence-corrected chi connectivity index (χ3v) is 3.33. The van der Waals surface area contributed by atoms with Crippen LogP contribution < -0.4 is 4.74 Å². The lowest BCUT2D eigenvalue weighted by molar-refractivity contribution is 0.290. The van der Waals surface area contributed by atoms with E-state index in [0.29, 0.717) is 13.0 Å². The van der Waals surface area contributed by atoms with Crippen molar-refractivity contribution in [3.8, 4) is 5.75 Å². The minimum atomic E-state index is -0.355. The Balaban J connectivity index is 1.99. The van der Waals surface area contributed by atoms with Crippen molar-refractivity contribution in [1.29, 1.82) is 0 Å². The van der Waals surface area contributed by atoms with Gasteiger partial charge in [0.2, 0.25) is 0 Å². The molecule has 0 saturated heterocycles. The zero-order valence-corrected chi connectivity index (χ0v) is 11.9. The highest BCUT2D eigenvalue weighted by Crippen LogP contribution is 2.27. The summed E-state index contributed by atoms with van der Waals surface area (Å²) in [6.45, 7) is 2.02. The Kier molecular flexibility index (Phi) is 3.86. The Morgan fingerprint density at radius 1 is 1.29 bits per heavy atom. The van der Waals surface area contributed by atoms with Gasteiger partial charge < -0.3 is 9.72 Å². The number of pyridine rings is 1. The van der Waals surface area contributed by atoms with Crippen LogP contribution in [0.1, 0.15) is 18.9 Å². The molecule has 2 aromatic heterocycles. The number of halogens is 1. The summed E-state index contributed by atoms with van der Waals surface area (Å²) >= 11 is 0. The molecule has 4 heteroatoms. The highest BCUT2D eigenvalue weighted by Gasteiger charge is 2.07. The molecule has 0 aliphatic rings. The Morgan fingerprint density at radius 2 is 2.19 bits per heavy atom. The van der Waals surface area contributed by atoms with E-state index in [1.54, 1.807) is 0 Å². The second-order valence-electron chi connectivity index (χ2n) is 4.89. The molecular formula is C17H17FN2O. The van der Waals surface area contributed by atoms with E-state index in [9.17, 15) is 4.39 Å². The zero-order chi connectivity index (χ0) is 14.7. The van der Waals surface area contributed by atoms with Crippen LogP contribution in [0.4, 0.5) is 4.39 Å². The van der Waals surface area contributed by atoms with E-state index in [-0.39, 0.29) is 6.67 Å². The van der Waals surface area contributed by atoms with Crippen LogP contribution >= 0.6 is 0 Å². The van der Waals surface area contributed by atoms with Gasteiger partial charge in [0.25, 0.3) is 0 Å². The topological polar surface area (TPSA) is 37.9 Å².